The highest BCUT2D eigenvalue weighted by Crippen LogP contribution is 2.36. The molecular weight excluding hydrogens is 280 g/mol. The molecule has 5 heteroatoms. The molecule has 1 aromatic carbocycles. The maximum Gasteiger partial charge on any atom is 0.326 e. The SMILES string of the molecule is Cc1ccc2c(c1)[nH]c(=O)n2CCO[Si](C)(C)C(C)(C)C. The smallest absolute Gasteiger partial charge is 0.326 e. The molecule has 0 amide bonds. The minimum atomic E-state index is -1.76. The van der Waals surface area contributed by atoms with Crippen molar-refractivity contribution in [3.05, 3.63) is 34.2 Å². The van der Waals surface area contributed by atoms with Gasteiger partial charge in [0.1, 0.15) is 0 Å². The summed E-state index contributed by atoms with van der Waals surface area (Å²) >= 11 is 0. The van der Waals surface area contributed by atoms with Gasteiger partial charge in [0, 0.05) is 6.54 Å². The van der Waals surface area contributed by atoms with Gasteiger partial charge < -0.3 is 9.41 Å². The maximum absolute atomic E-state index is 12.1. The van der Waals surface area contributed by atoms with Gasteiger partial charge in [-0.2, -0.15) is 0 Å². The topological polar surface area (TPSA) is 47.0 Å². The van der Waals surface area contributed by atoms with E-state index in [4.69, 9.17) is 4.43 Å². The van der Waals surface area contributed by atoms with Gasteiger partial charge in [0.05, 0.1) is 17.6 Å². The Morgan fingerprint density at radius 3 is 2.57 bits per heavy atom. The van der Waals surface area contributed by atoms with E-state index in [2.05, 4.69) is 38.8 Å². The van der Waals surface area contributed by atoms with Gasteiger partial charge in [-0.3, -0.25) is 4.57 Å². The molecule has 0 radical (unpaired) electrons. The number of aromatic nitrogens is 2. The predicted octanol–water partition coefficient (Wildman–Crippen LogP) is 3.66. The highest BCUT2D eigenvalue weighted by Gasteiger charge is 2.36. The number of aryl methyl sites for hydroxylation is 1. The third kappa shape index (κ3) is 3.30. The molecule has 0 saturated heterocycles. The zero-order valence-electron chi connectivity index (χ0n) is 13.9. The Hall–Kier alpha value is -1.33. The van der Waals surface area contributed by atoms with Crippen LogP contribution in [-0.4, -0.2) is 24.5 Å². The van der Waals surface area contributed by atoms with Gasteiger partial charge in [0.15, 0.2) is 8.32 Å². The van der Waals surface area contributed by atoms with Crippen molar-refractivity contribution >= 4 is 19.4 Å². The van der Waals surface area contributed by atoms with E-state index in [1.807, 2.05) is 25.1 Å². The van der Waals surface area contributed by atoms with Gasteiger partial charge in [-0.15, -0.1) is 0 Å². The monoisotopic (exact) mass is 306 g/mol. The van der Waals surface area contributed by atoms with Crippen LogP contribution in [0.2, 0.25) is 18.1 Å². The summed E-state index contributed by atoms with van der Waals surface area (Å²) in [5, 5.41) is 0.190. The van der Waals surface area contributed by atoms with Crippen LogP contribution in [0.3, 0.4) is 0 Å². The summed E-state index contributed by atoms with van der Waals surface area (Å²) in [4.78, 5) is 15.0. The van der Waals surface area contributed by atoms with E-state index in [0.717, 1.165) is 16.6 Å². The Labute approximate surface area is 127 Å². The fraction of sp³-hybridized carbons (Fsp3) is 0.562. The van der Waals surface area contributed by atoms with Crippen LogP contribution in [0.1, 0.15) is 26.3 Å². The van der Waals surface area contributed by atoms with Crippen LogP contribution in [0, 0.1) is 6.92 Å². The Bertz CT molecular complexity index is 692. The second kappa shape index (κ2) is 5.46. The number of hydrogen-bond donors (Lipinski definition) is 1. The molecule has 0 bridgehead atoms. The first-order valence-corrected chi connectivity index (χ1v) is 10.4. The molecule has 1 heterocycles. The van der Waals surface area contributed by atoms with Gasteiger partial charge in [-0.25, -0.2) is 4.79 Å². The second-order valence-corrected chi connectivity index (χ2v) is 12.0. The third-order valence-electron chi connectivity index (χ3n) is 4.51. The number of nitrogens with zero attached hydrogens (tertiary/aromatic N) is 1. The van der Waals surface area contributed by atoms with E-state index >= 15 is 0 Å². The lowest BCUT2D eigenvalue weighted by atomic mass is 10.2. The molecule has 1 aromatic heterocycles. The summed E-state index contributed by atoms with van der Waals surface area (Å²) < 4.78 is 7.93. The van der Waals surface area contributed by atoms with Crippen molar-refractivity contribution in [2.24, 2.45) is 0 Å². The summed E-state index contributed by atoms with van der Waals surface area (Å²) in [5.74, 6) is 0. The average Bonchev–Trinajstić information content (AvgIpc) is 2.63. The van der Waals surface area contributed by atoms with Crippen LogP contribution < -0.4 is 5.69 Å². The number of fused-ring (bicyclic) bond motifs is 1. The summed E-state index contributed by atoms with van der Waals surface area (Å²) in [6.07, 6.45) is 0. The third-order valence-corrected chi connectivity index (χ3v) is 9.05. The fourth-order valence-corrected chi connectivity index (χ4v) is 3.14. The number of imidazole rings is 1. The first-order chi connectivity index (χ1) is 9.62. The van der Waals surface area contributed by atoms with Crippen LogP contribution in [0.15, 0.2) is 23.0 Å². The lowest BCUT2D eigenvalue weighted by Gasteiger charge is -2.36. The summed E-state index contributed by atoms with van der Waals surface area (Å²) in [6, 6.07) is 6.03. The van der Waals surface area contributed by atoms with E-state index in [1.54, 1.807) is 4.57 Å². The van der Waals surface area contributed by atoms with Crippen molar-refractivity contribution in [1.29, 1.82) is 0 Å². The number of nitrogens with one attached hydrogen (secondary N) is 1. The van der Waals surface area contributed by atoms with Crippen molar-refractivity contribution in [2.75, 3.05) is 6.61 Å². The van der Waals surface area contributed by atoms with Crippen LogP contribution in [0.4, 0.5) is 0 Å². The molecule has 116 valence electrons. The zero-order chi connectivity index (χ0) is 15.8. The lowest BCUT2D eigenvalue weighted by Crippen LogP contribution is -2.41. The summed E-state index contributed by atoms with van der Waals surface area (Å²) in [6.45, 7) is 14.3. The number of H-pyrrole nitrogens is 1. The van der Waals surface area contributed by atoms with Gasteiger partial charge in [-0.1, -0.05) is 26.8 Å². The van der Waals surface area contributed by atoms with Crippen molar-refractivity contribution in [3.63, 3.8) is 0 Å². The van der Waals surface area contributed by atoms with Crippen LogP contribution in [0.5, 0.6) is 0 Å². The standard InChI is InChI=1S/C16H26N2O2Si/c1-12-7-8-14-13(11-12)17-15(19)18(14)9-10-20-21(5,6)16(2,3)4/h7-8,11H,9-10H2,1-6H3,(H,17,19). The largest absolute Gasteiger partial charge is 0.415 e. The van der Waals surface area contributed by atoms with Crippen molar-refractivity contribution < 1.29 is 4.43 Å². The van der Waals surface area contributed by atoms with Gasteiger partial charge >= 0.3 is 5.69 Å². The number of aromatic amines is 1. The first kappa shape index (κ1) is 16.0. The fourth-order valence-electron chi connectivity index (χ4n) is 2.11. The molecule has 0 fully saturated rings. The molecule has 2 aromatic rings. The van der Waals surface area contributed by atoms with E-state index in [0.29, 0.717) is 13.2 Å². The quantitative estimate of drug-likeness (QED) is 0.876. The van der Waals surface area contributed by atoms with E-state index in [1.165, 1.54) is 0 Å². The molecule has 1 N–H and O–H groups in total. The first-order valence-electron chi connectivity index (χ1n) is 7.45. The predicted molar refractivity (Wildman–Crippen MR) is 90.4 cm³/mol. The van der Waals surface area contributed by atoms with Crippen LogP contribution in [-0.2, 0) is 11.0 Å². The van der Waals surface area contributed by atoms with E-state index in [-0.39, 0.29) is 10.7 Å². The molecule has 21 heavy (non-hydrogen) atoms. The Morgan fingerprint density at radius 1 is 1.29 bits per heavy atom. The molecule has 0 spiro atoms. The minimum Gasteiger partial charge on any atom is -0.415 e. The minimum absolute atomic E-state index is 0.0607. The zero-order valence-corrected chi connectivity index (χ0v) is 14.9. The Balaban J connectivity index is 2.15. The molecule has 0 atom stereocenters. The number of benzene rings is 1. The van der Waals surface area contributed by atoms with Crippen molar-refractivity contribution in [3.8, 4) is 0 Å². The molecule has 2 rings (SSSR count). The van der Waals surface area contributed by atoms with E-state index < -0.39 is 8.32 Å². The Morgan fingerprint density at radius 2 is 1.95 bits per heavy atom. The summed E-state index contributed by atoms with van der Waals surface area (Å²) in [5.41, 5.74) is 2.93. The van der Waals surface area contributed by atoms with Gasteiger partial charge in [-0.05, 0) is 42.8 Å². The highest BCUT2D eigenvalue weighted by atomic mass is 28.4. The van der Waals surface area contributed by atoms with Crippen molar-refractivity contribution in [1.82, 2.24) is 9.55 Å². The Kier molecular flexibility index (Phi) is 4.17. The number of hydrogen-bond acceptors (Lipinski definition) is 2. The van der Waals surface area contributed by atoms with Crippen LogP contribution >= 0.6 is 0 Å². The second-order valence-electron chi connectivity index (χ2n) is 7.21. The highest BCUT2D eigenvalue weighted by molar-refractivity contribution is 6.74. The number of rotatable bonds is 4. The molecular formula is C16H26N2O2Si. The molecule has 4 nitrogen and oxygen atoms in total. The normalized spacial score (nSPS) is 13.0. The van der Waals surface area contributed by atoms with Gasteiger partial charge in [0.2, 0.25) is 0 Å². The molecule has 0 saturated carbocycles. The van der Waals surface area contributed by atoms with Crippen LogP contribution in [0.25, 0.3) is 11.0 Å². The summed E-state index contributed by atoms with van der Waals surface area (Å²) in [7, 11) is -1.76. The molecule has 0 aliphatic rings. The molecule has 0 unspecified atom stereocenters. The lowest BCUT2D eigenvalue weighted by molar-refractivity contribution is 0.272. The molecule has 0 aliphatic heterocycles. The average molecular weight is 306 g/mol. The maximum atomic E-state index is 12.1. The van der Waals surface area contributed by atoms with Gasteiger partial charge in [0.25, 0.3) is 0 Å². The van der Waals surface area contributed by atoms with Crippen molar-refractivity contribution in [2.45, 2.75) is 52.4 Å². The molecule has 0 aliphatic carbocycles. The van der Waals surface area contributed by atoms with E-state index in [9.17, 15) is 4.79 Å².